The number of nitrogens with zero attached hydrogens (tertiary/aromatic N) is 1. The molecule has 92 valence electrons. The highest BCUT2D eigenvalue weighted by molar-refractivity contribution is 5.84. The van der Waals surface area contributed by atoms with Crippen LogP contribution in [0.4, 0.5) is 0 Å². The van der Waals surface area contributed by atoms with Gasteiger partial charge in [-0.3, -0.25) is 10.1 Å². The van der Waals surface area contributed by atoms with Gasteiger partial charge >= 0.3 is 0 Å². The molecule has 0 spiro atoms. The molecular weight excluding hydrogens is 200 g/mol. The summed E-state index contributed by atoms with van der Waals surface area (Å²) in [6, 6.07) is 0.492. The summed E-state index contributed by atoms with van der Waals surface area (Å²) in [4.78, 5) is 14.2. The van der Waals surface area contributed by atoms with Gasteiger partial charge in [-0.25, -0.2) is 0 Å². The smallest absolute Gasteiger partial charge is 0.241 e. The van der Waals surface area contributed by atoms with E-state index in [4.69, 9.17) is 0 Å². The third-order valence-corrected chi connectivity index (χ3v) is 3.70. The summed E-state index contributed by atoms with van der Waals surface area (Å²) in [5.41, 5.74) is 0. The van der Waals surface area contributed by atoms with Gasteiger partial charge in [-0.05, 0) is 31.6 Å². The fourth-order valence-corrected chi connectivity index (χ4v) is 2.57. The first kappa shape index (κ1) is 11.9. The van der Waals surface area contributed by atoms with Crippen molar-refractivity contribution in [2.75, 3.05) is 6.67 Å². The molecule has 2 atom stereocenters. The number of hydrogen-bond donors (Lipinski definition) is 1. The number of amides is 1. The number of rotatable bonds is 5. The van der Waals surface area contributed by atoms with Gasteiger partial charge in [-0.15, -0.1) is 0 Å². The lowest BCUT2D eigenvalue weighted by Gasteiger charge is -2.24. The molecule has 0 radical (unpaired) electrons. The maximum absolute atomic E-state index is 12.1. The molecule has 1 amide bonds. The van der Waals surface area contributed by atoms with E-state index in [9.17, 15) is 4.79 Å². The van der Waals surface area contributed by atoms with E-state index in [1.807, 2.05) is 4.90 Å². The summed E-state index contributed by atoms with van der Waals surface area (Å²) < 4.78 is 0. The van der Waals surface area contributed by atoms with E-state index in [1.165, 1.54) is 19.3 Å². The monoisotopic (exact) mass is 224 g/mol. The first-order valence-corrected chi connectivity index (χ1v) is 6.61. The Morgan fingerprint density at radius 1 is 1.31 bits per heavy atom. The van der Waals surface area contributed by atoms with Crippen molar-refractivity contribution in [3.63, 3.8) is 0 Å². The standard InChI is InChI=1S/C13H24N2O/c1-9(2)6-12-13(16)15(8-14-12)10(3)7-11-4-5-11/h9-12,14H,4-8H2,1-3H3. The van der Waals surface area contributed by atoms with Crippen LogP contribution in [0.1, 0.15) is 46.5 Å². The second-order valence-electron chi connectivity index (χ2n) is 5.88. The number of hydrogen-bond acceptors (Lipinski definition) is 2. The maximum Gasteiger partial charge on any atom is 0.241 e. The van der Waals surface area contributed by atoms with Crippen LogP contribution in [0.2, 0.25) is 0 Å². The molecule has 2 rings (SSSR count). The molecule has 3 heteroatoms. The lowest BCUT2D eigenvalue weighted by molar-refractivity contribution is -0.131. The van der Waals surface area contributed by atoms with E-state index in [-0.39, 0.29) is 6.04 Å². The molecule has 1 saturated heterocycles. The largest absolute Gasteiger partial charge is 0.326 e. The molecular formula is C13H24N2O. The van der Waals surface area contributed by atoms with E-state index < -0.39 is 0 Å². The average Bonchev–Trinajstić information content (AvgIpc) is 2.93. The van der Waals surface area contributed by atoms with Crippen LogP contribution in [0, 0.1) is 11.8 Å². The van der Waals surface area contributed by atoms with Crippen LogP contribution in [0.15, 0.2) is 0 Å². The zero-order chi connectivity index (χ0) is 11.7. The normalized spacial score (nSPS) is 27.9. The molecule has 1 aliphatic heterocycles. The summed E-state index contributed by atoms with van der Waals surface area (Å²) >= 11 is 0. The second-order valence-corrected chi connectivity index (χ2v) is 5.88. The summed E-state index contributed by atoms with van der Waals surface area (Å²) in [7, 11) is 0. The van der Waals surface area contributed by atoms with Crippen molar-refractivity contribution < 1.29 is 4.79 Å². The van der Waals surface area contributed by atoms with Crippen molar-refractivity contribution in [2.45, 2.75) is 58.5 Å². The summed E-state index contributed by atoms with van der Waals surface area (Å²) in [5.74, 6) is 1.80. The maximum atomic E-state index is 12.1. The van der Waals surface area contributed by atoms with Crippen molar-refractivity contribution in [3.8, 4) is 0 Å². The first-order chi connectivity index (χ1) is 7.58. The summed E-state index contributed by atoms with van der Waals surface area (Å²) in [6.45, 7) is 7.29. The van der Waals surface area contributed by atoms with Crippen LogP contribution < -0.4 is 5.32 Å². The zero-order valence-corrected chi connectivity index (χ0v) is 10.7. The zero-order valence-electron chi connectivity index (χ0n) is 10.7. The van der Waals surface area contributed by atoms with E-state index in [2.05, 4.69) is 26.1 Å². The Morgan fingerprint density at radius 2 is 2.00 bits per heavy atom. The molecule has 1 N–H and O–H groups in total. The van der Waals surface area contributed by atoms with Crippen LogP contribution in [0.25, 0.3) is 0 Å². The van der Waals surface area contributed by atoms with Crippen molar-refractivity contribution in [3.05, 3.63) is 0 Å². The van der Waals surface area contributed by atoms with Gasteiger partial charge < -0.3 is 4.90 Å². The van der Waals surface area contributed by atoms with Gasteiger partial charge in [0.2, 0.25) is 5.91 Å². The highest BCUT2D eigenvalue weighted by Crippen LogP contribution is 2.35. The molecule has 0 aromatic carbocycles. The van der Waals surface area contributed by atoms with E-state index in [0.29, 0.717) is 17.9 Å². The third kappa shape index (κ3) is 2.76. The molecule has 3 nitrogen and oxygen atoms in total. The van der Waals surface area contributed by atoms with Crippen LogP contribution in [-0.4, -0.2) is 29.6 Å². The Morgan fingerprint density at radius 3 is 2.56 bits per heavy atom. The van der Waals surface area contributed by atoms with Crippen LogP contribution in [0.3, 0.4) is 0 Å². The van der Waals surface area contributed by atoms with Gasteiger partial charge in [-0.1, -0.05) is 26.7 Å². The molecule has 0 aromatic rings. The SMILES string of the molecule is CC(C)CC1NCN(C(C)CC2CC2)C1=O. The Hall–Kier alpha value is -0.570. The molecule has 16 heavy (non-hydrogen) atoms. The lowest BCUT2D eigenvalue weighted by atomic mass is 10.0. The fourth-order valence-electron chi connectivity index (χ4n) is 2.57. The predicted octanol–water partition coefficient (Wildman–Crippen LogP) is 1.98. The molecule has 1 heterocycles. The molecule has 0 aromatic heterocycles. The Balaban J connectivity index is 1.84. The molecule has 2 unspecified atom stereocenters. The molecule has 1 aliphatic carbocycles. The van der Waals surface area contributed by atoms with Crippen LogP contribution >= 0.6 is 0 Å². The number of nitrogens with one attached hydrogen (secondary N) is 1. The van der Waals surface area contributed by atoms with Gasteiger partial charge in [0.15, 0.2) is 0 Å². The number of carbonyl (C=O) groups excluding carboxylic acids is 1. The first-order valence-electron chi connectivity index (χ1n) is 6.61. The summed E-state index contributed by atoms with van der Waals surface area (Å²) in [5, 5.41) is 3.34. The minimum atomic E-state index is 0.0710. The molecule has 2 fully saturated rings. The Bertz CT molecular complexity index is 261. The van der Waals surface area contributed by atoms with Gasteiger partial charge in [0.05, 0.1) is 12.7 Å². The molecule has 2 aliphatic rings. The van der Waals surface area contributed by atoms with E-state index in [0.717, 1.165) is 19.0 Å². The van der Waals surface area contributed by atoms with Crippen LogP contribution in [0.5, 0.6) is 0 Å². The second kappa shape index (κ2) is 4.74. The van der Waals surface area contributed by atoms with Crippen molar-refractivity contribution in [2.24, 2.45) is 11.8 Å². The van der Waals surface area contributed by atoms with Gasteiger partial charge in [0.1, 0.15) is 0 Å². The van der Waals surface area contributed by atoms with E-state index in [1.54, 1.807) is 0 Å². The van der Waals surface area contributed by atoms with Crippen LogP contribution in [-0.2, 0) is 4.79 Å². The minimum Gasteiger partial charge on any atom is -0.326 e. The highest BCUT2D eigenvalue weighted by Gasteiger charge is 2.36. The topological polar surface area (TPSA) is 32.3 Å². The Labute approximate surface area is 98.6 Å². The number of carbonyl (C=O) groups is 1. The molecule has 1 saturated carbocycles. The fraction of sp³-hybridized carbons (Fsp3) is 0.923. The summed E-state index contributed by atoms with van der Waals surface area (Å²) in [6.07, 6.45) is 4.90. The average molecular weight is 224 g/mol. The predicted molar refractivity (Wildman–Crippen MR) is 64.9 cm³/mol. The Kier molecular flexibility index (Phi) is 3.53. The van der Waals surface area contributed by atoms with Gasteiger partial charge in [0, 0.05) is 6.04 Å². The van der Waals surface area contributed by atoms with Crippen molar-refractivity contribution in [1.29, 1.82) is 0 Å². The quantitative estimate of drug-likeness (QED) is 0.774. The highest BCUT2D eigenvalue weighted by atomic mass is 16.2. The lowest BCUT2D eigenvalue weighted by Crippen LogP contribution is -2.37. The van der Waals surface area contributed by atoms with Gasteiger partial charge in [0.25, 0.3) is 0 Å². The molecule has 0 bridgehead atoms. The minimum absolute atomic E-state index is 0.0710. The van der Waals surface area contributed by atoms with E-state index >= 15 is 0 Å². The van der Waals surface area contributed by atoms with Gasteiger partial charge in [-0.2, -0.15) is 0 Å². The van der Waals surface area contributed by atoms with Crippen molar-refractivity contribution in [1.82, 2.24) is 10.2 Å². The van der Waals surface area contributed by atoms with Crippen molar-refractivity contribution >= 4 is 5.91 Å². The third-order valence-electron chi connectivity index (χ3n) is 3.70.